The van der Waals surface area contributed by atoms with Gasteiger partial charge in [0.25, 0.3) is 0 Å². The molecular weight excluding hydrogens is 240 g/mol. The standard InChI is InChI=1S/C15H30O2Si/c1-8-11-14(16-5)12-9-10-13-17-18(6,7)15(2,3)4/h1,14H,9-13H2,2-7H3. The highest BCUT2D eigenvalue weighted by Gasteiger charge is 2.36. The Morgan fingerprint density at radius 3 is 2.28 bits per heavy atom. The SMILES string of the molecule is C#CCC(CCCCO[Si](C)(C)C(C)(C)C)OC. The van der Waals surface area contributed by atoms with E-state index in [9.17, 15) is 0 Å². The highest BCUT2D eigenvalue weighted by Crippen LogP contribution is 2.36. The molecule has 0 aliphatic rings. The van der Waals surface area contributed by atoms with Crippen LogP contribution in [0.15, 0.2) is 0 Å². The van der Waals surface area contributed by atoms with Crippen molar-refractivity contribution >= 4 is 8.32 Å². The van der Waals surface area contributed by atoms with Crippen molar-refractivity contribution < 1.29 is 9.16 Å². The van der Waals surface area contributed by atoms with Crippen LogP contribution in [-0.2, 0) is 9.16 Å². The third-order valence-corrected chi connectivity index (χ3v) is 8.41. The van der Waals surface area contributed by atoms with E-state index in [0.29, 0.717) is 11.5 Å². The summed E-state index contributed by atoms with van der Waals surface area (Å²) in [6.07, 6.45) is 9.45. The first-order valence-electron chi connectivity index (χ1n) is 6.85. The minimum Gasteiger partial charge on any atom is -0.417 e. The molecule has 106 valence electrons. The molecule has 0 radical (unpaired) electrons. The Kier molecular flexibility index (Phi) is 7.85. The molecule has 0 aromatic heterocycles. The van der Waals surface area contributed by atoms with E-state index in [1.165, 1.54) is 0 Å². The molecule has 1 unspecified atom stereocenters. The zero-order valence-corrected chi connectivity index (χ0v) is 14.0. The van der Waals surface area contributed by atoms with Gasteiger partial charge in [0.1, 0.15) is 0 Å². The predicted octanol–water partition coefficient (Wildman–Crippen LogP) is 4.22. The Morgan fingerprint density at radius 1 is 1.22 bits per heavy atom. The van der Waals surface area contributed by atoms with Gasteiger partial charge >= 0.3 is 0 Å². The van der Waals surface area contributed by atoms with Gasteiger partial charge in [-0.1, -0.05) is 20.8 Å². The van der Waals surface area contributed by atoms with Crippen molar-refractivity contribution in [3.05, 3.63) is 0 Å². The van der Waals surface area contributed by atoms with Crippen LogP contribution in [-0.4, -0.2) is 28.1 Å². The first kappa shape index (κ1) is 17.7. The lowest BCUT2D eigenvalue weighted by atomic mass is 10.1. The van der Waals surface area contributed by atoms with Gasteiger partial charge in [0.05, 0.1) is 6.10 Å². The van der Waals surface area contributed by atoms with Crippen molar-refractivity contribution in [3.8, 4) is 12.3 Å². The molecule has 0 saturated carbocycles. The van der Waals surface area contributed by atoms with Crippen LogP contribution in [0.3, 0.4) is 0 Å². The third kappa shape index (κ3) is 6.58. The van der Waals surface area contributed by atoms with E-state index >= 15 is 0 Å². The molecule has 0 bridgehead atoms. The van der Waals surface area contributed by atoms with Crippen molar-refractivity contribution in [2.24, 2.45) is 0 Å². The largest absolute Gasteiger partial charge is 0.417 e. The van der Waals surface area contributed by atoms with Crippen LogP contribution in [0.5, 0.6) is 0 Å². The summed E-state index contributed by atoms with van der Waals surface area (Å²) < 4.78 is 11.4. The zero-order chi connectivity index (χ0) is 14.2. The van der Waals surface area contributed by atoms with Crippen LogP contribution in [0.2, 0.25) is 18.1 Å². The van der Waals surface area contributed by atoms with Crippen LogP contribution in [0.4, 0.5) is 0 Å². The maximum atomic E-state index is 6.13. The van der Waals surface area contributed by atoms with E-state index in [2.05, 4.69) is 39.8 Å². The van der Waals surface area contributed by atoms with E-state index in [4.69, 9.17) is 15.6 Å². The van der Waals surface area contributed by atoms with Gasteiger partial charge in [-0.15, -0.1) is 12.3 Å². The van der Waals surface area contributed by atoms with E-state index in [1.807, 2.05) is 0 Å². The molecule has 3 heteroatoms. The molecule has 0 aromatic carbocycles. The summed E-state index contributed by atoms with van der Waals surface area (Å²) >= 11 is 0. The van der Waals surface area contributed by atoms with Crippen LogP contribution in [0.1, 0.15) is 46.5 Å². The number of methoxy groups -OCH3 is 1. The highest BCUT2D eigenvalue weighted by atomic mass is 28.4. The molecule has 0 aromatic rings. The predicted molar refractivity (Wildman–Crippen MR) is 81.2 cm³/mol. The smallest absolute Gasteiger partial charge is 0.191 e. The normalized spacial score (nSPS) is 14.3. The number of unbranched alkanes of at least 4 members (excludes halogenated alkanes) is 1. The molecule has 0 saturated heterocycles. The average molecular weight is 270 g/mol. The molecule has 1 atom stereocenters. The van der Waals surface area contributed by atoms with E-state index in [0.717, 1.165) is 25.9 Å². The third-order valence-electron chi connectivity index (χ3n) is 3.87. The summed E-state index contributed by atoms with van der Waals surface area (Å²) in [6, 6.07) is 0. The van der Waals surface area contributed by atoms with Gasteiger partial charge in [0.15, 0.2) is 8.32 Å². The van der Waals surface area contributed by atoms with E-state index < -0.39 is 8.32 Å². The second-order valence-corrected chi connectivity index (χ2v) is 11.2. The minimum atomic E-state index is -1.57. The Bertz CT molecular complexity index is 261. The van der Waals surface area contributed by atoms with Gasteiger partial charge in [0.2, 0.25) is 0 Å². The number of rotatable bonds is 8. The quantitative estimate of drug-likeness (QED) is 0.373. The van der Waals surface area contributed by atoms with Crippen molar-refractivity contribution in [1.29, 1.82) is 0 Å². The van der Waals surface area contributed by atoms with E-state index in [-0.39, 0.29) is 6.10 Å². The molecule has 0 fully saturated rings. The Morgan fingerprint density at radius 2 is 1.83 bits per heavy atom. The Hall–Kier alpha value is -0.303. The monoisotopic (exact) mass is 270 g/mol. The second kappa shape index (κ2) is 7.99. The number of hydrogen-bond donors (Lipinski definition) is 0. The van der Waals surface area contributed by atoms with Crippen LogP contribution in [0.25, 0.3) is 0 Å². The molecule has 0 heterocycles. The van der Waals surface area contributed by atoms with Gasteiger partial charge < -0.3 is 9.16 Å². The maximum Gasteiger partial charge on any atom is 0.191 e. The van der Waals surface area contributed by atoms with Crippen LogP contribution >= 0.6 is 0 Å². The molecule has 0 aliphatic heterocycles. The number of terminal acetylenes is 1. The van der Waals surface area contributed by atoms with Gasteiger partial charge in [0, 0.05) is 20.1 Å². The van der Waals surface area contributed by atoms with Crippen LogP contribution in [0, 0.1) is 12.3 Å². The second-order valence-electron chi connectivity index (χ2n) is 6.37. The summed E-state index contributed by atoms with van der Waals surface area (Å²) in [5.74, 6) is 2.65. The first-order chi connectivity index (χ1) is 8.24. The summed E-state index contributed by atoms with van der Waals surface area (Å²) in [7, 11) is 0.161. The van der Waals surface area contributed by atoms with Gasteiger partial charge in [-0.3, -0.25) is 0 Å². The maximum absolute atomic E-state index is 6.13. The summed E-state index contributed by atoms with van der Waals surface area (Å²) in [5, 5.41) is 0.297. The fraction of sp³-hybridized carbons (Fsp3) is 0.867. The van der Waals surface area contributed by atoms with Crippen LogP contribution < -0.4 is 0 Å². The lowest BCUT2D eigenvalue weighted by molar-refractivity contribution is 0.0957. The fourth-order valence-electron chi connectivity index (χ4n) is 1.45. The lowest BCUT2D eigenvalue weighted by Gasteiger charge is -2.36. The molecule has 0 N–H and O–H groups in total. The first-order valence-corrected chi connectivity index (χ1v) is 9.75. The molecule has 2 nitrogen and oxygen atoms in total. The lowest BCUT2D eigenvalue weighted by Crippen LogP contribution is -2.40. The van der Waals surface area contributed by atoms with Crippen molar-refractivity contribution in [2.45, 2.75) is 70.7 Å². The highest BCUT2D eigenvalue weighted by molar-refractivity contribution is 6.74. The topological polar surface area (TPSA) is 18.5 Å². The van der Waals surface area contributed by atoms with Crippen molar-refractivity contribution in [1.82, 2.24) is 0 Å². The van der Waals surface area contributed by atoms with Gasteiger partial charge in [-0.25, -0.2) is 0 Å². The van der Waals surface area contributed by atoms with E-state index in [1.54, 1.807) is 7.11 Å². The Labute approximate surface area is 115 Å². The molecular formula is C15H30O2Si. The summed E-state index contributed by atoms with van der Waals surface area (Å²) in [5.41, 5.74) is 0. The molecule has 0 amide bonds. The van der Waals surface area contributed by atoms with Gasteiger partial charge in [-0.2, -0.15) is 0 Å². The number of ether oxygens (including phenoxy) is 1. The Balaban J connectivity index is 3.78. The zero-order valence-electron chi connectivity index (χ0n) is 13.0. The number of hydrogen-bond acceptors (Lipinski definition) is 2. The minimum absolute atomic E-state index is 0.211. The molecule has 0 aliphatic carbocycles. The molecule has 0 spiro atoms. The summed E-state index contributed by atoms with van der Waals surface area (Å²) in [4.78, 5) is 0. The van der Waals surface area contributed by atoms with Gasteiger partial charge in [-0.05, 0) is 37.4 Å². The fourth-order valence-corrected chi connectivity index (χ4v) is 2.54. The molecule has 0 rings (SSSR count). The average Bonchev–Trinajstić information content (AvgIpc) is 2.25. The van der Waals surface area contributed by atoms with Crippen molar-refractivity contribution in [2.75, 3.05) is 13.7 Å². The summed E-state index contributed by atoms with van der Waals surface area (Å²) in [6.45, 7) is 12.3. The molecule has 18 heavy (non-hydrogen) atoms. The van der Waals surface area contributed by atoms with Crippen molar-refractivity contribution in [3.63, 3.8) is 0 Å².